The van der Waals surface area contributed by atoms with Crippen LogP contribution in [-0.2, 0) is 25.8 Å². The molecule has 0 aliphatic carbocycles. The van der Waals surface area contributed by atoms with Gasteiger partial charge in [0.15, 0.2) is 0 Å². The van der Waals surface area contributed by atoms with E-state index in [1.165, 1.54) is 10.6 Å². The van der Waals surface area contributed by atoms with E-state index in [1.807, 2.05) is 62.6 Å². The molecular weight excluding hydrogens is 512 g/mol. The third kappa shape index (κ3) is 9.71. The Morgan fingerprint density at radius 1 is 1.21 bits per heavy atom. The van der Waals surface area contributed by atoms with Crippen molar-refractivity contribution in [2.75, 3.05) is 6.54 Å². The molecule has 4 atom stereocenters. The third-order valence-electron chi connectivity index (χ3n) is 7.18. The molecular formula is C31H42N2O5S. The summed E-state index contributed by atoms with van der Waals surface area (Å²) in [7, 11) is 0. The average molecular weight is 555 g/mol. The smallest absolute Gasteiger partial charge is 0.308 e. The summed E-state index contributed by atoms with van der Waals surface area (Å²) in [5.74, 6) is -1.48. The highest BCUT2D eigenvalue weighted by atomic mass is 32.1. The highest BCUT2D eigenvalue weighted by Gasteiger charge is 2.31. The Balaban J connectivity index is 1.81. The molecule has 0 radical (unpaired) electrons. The van der Waals surface area contributed by atoms with Crippen LogP contribution >= 0.6 is 11.3 Å². The molecule has 0 spiro atoms. The monoisotopic (exact) mass is 554 g/mol. The number of aliphatic hydroxyl groups excluding tert-OH is 1. The minimum absolute atomic E-state index is 0.0266. The first-order chi connectivity index (χ1) is 18.6. The van der Waals surface area contributed by atoms with Gasteiger partial charge in [0, 0.05) is 11.8 Å². The Labute approximate surface area is 236 Å². The number of esters is 1. The lowest BCUT2D eigenvalue weighted by Gasteiger charge is -2.30. The lowest BCUT2D eigenvalue weighted by Crippen LogP contribution is -2.42. The Morgan fingerprint density at radius 2 is 1.95 bits per heavy atom. The number of cyclic esters (lactones) is 1. The van der Waals surface area contributed by atoms with E-state index in [9.17, 15) is 14.7 Å². The van der Waals surface area contributed by atoms with Gasteiger partial charge in [-0.3, -0.25) is 14.4 Å². The van der Waals surface area contributed by atoms with E-state index in [2.05, 4.69) is 18.0 Å². The maximum atomic E-state index is 13.4. The number of amides is 1. The molecule has 39 heavy (non-hydrogen) atoms. The topological polar surface area (TPSA) is 89.0 Å². The summed E-state index contributed by atoms with van der Waals surface area (Å²) in [5, 5.41) is 15.1. The van der Waals surface area contributed by atoms with E-state index in [0.29, 0.717) is 6.42 Å². The lowest BCUT2D eigenvalue weighted by molar-refractivity contribution is -0.200. The molecule has 1 aliphatic heterocycles. The number of aromatic nitrogens is 1. The Bertz CT molecular complexity index is 1140. The van der Waals surface area contributed by atoms with Gasteiger partial charge < -0.3 is 9.84 Å². The molecule has 2 aromatic rings. The Hall–Kier alpha value is -2.81. The second-order valence-electron chi connectivity index (χ2n) is 10.5. The zero-order valence-corrected chi connectivity index (χ0v) is 24.6. The van der Waals surface area contributed by atoms with Crippen LogP contribution in [0, 0.1) is 18.8 Å². The van der Waals surface area contributed by atoms with Crippen LogP contribution in [-0.4, -0.2) is 45.8 Å². The highest BCUT2D eigenvalue weighted by Crippen LogP contribution is 2.24. The second kappa shape index (κ2) is 15.1. The predicted molar refractivity (Wildman–Crippen MR) is 155 cm³/mol. The standard InChI is InChI=1S/C31H42N2O5S/c1-21-10-9-11-22(2)30(35)24(4)31(36)33(37-19-26-12-7-6-8-13-26)17-16-29(34)38-28(15-14-21)23(3)18-27-20-39-25(5)32-27/h6-8,12-14,18,20,22,24,28,30,35H,9-11,15-17,19H2,1-5H3/b21-14-,23-18+/t22-,24+,28-,30-/m0/s1. The summed E-state index contributed by atoms with van der Waals surface area (Å²) in [4.78, 5) is 36.9. The zero-order valence-electron chi connectivity index (χ0n) is 23.8. The lowest BCUT2D eigenvalue weighted by atomic mass is 9.88. The van der Waals surface area contributed by atoms with E-state index in [4.69, 9.17) is 9.57 Å². The first-order valence-corrected chi connectivity index (χ1v) is 14.6. The van der Waals surface area contributed by atoms with E-state index >= 15 is 0 Å². The molecule has 1 aromatic heterocycles. The van der Waals surface area contributed by atoms with Gasteiger partial charge in [-0.1, -0.05) is 55.8 Å². The summed E-state index contributed by atoms with van der Waals surface area (Å²) < 4.78 is 5.93. The van der Waals surface area contributed by atoms with Crippen LogP contribution < -0.4 is 0 Å². The van der Waals surface area contributed by atoms with E-state index in [-0.39, 0.29) is 31.4 Å². The summed E-state index contributed by atoms with van der Waals surface area (Å²) in [6.07, 6.45) is 5.96. The van der Waals surface area contributed by atoms with Gasteiger partial charge in [-0.25, -0.2) is 10.0 Å². The molecule has 1 aromatic carbocycles. The maximum Gasteiger partial charge on any atom is 0.308 e. The molecule has 1 aliphatic rings. The van der Waals surface area contributed by atoms with Gasteiger partial charge in [0.25, 0.3) is 5.91 Å². The minimum Gasteiger partial charge on any atom is -0.457 e. The average Bonchev–Trinajstić information content (AvgIpc) is 3.33. The Morgan fingerprint density at radius 3 is 2.64 bits per heavy atom. The fourth-order valence-corrected chi connectivity index (χ4v) is 5.20. The molecule has 3 rings (SSSR count). The van der Waals surface area contributed by atoms with Crippen molar-refractivity contribution in [1.82, 2.24) is 10.0 Å². The van der Waals surface area contributed by atoms with Crippen LogP contribution in [0.5, 0.6) is 0 Å². The van der Waals surface area contributed by atoms with Gasteiger partial charge in [0.2, 0.25) is 0 Å². The molecule has 0 saturated carbocycles. The largest absolute Gasteiger partial charge is 0.457 e. The molecule has 2 heterocycles. The zero-order chi connectivity index (χ0) is 28.4. The number of hydroxylamine groups is 2. The van der Waals surface area contributed by atoms with Gasteiger partial charge in [-0.2, -0.15) is 0 Å². The van der Waals surface area contributed by atoms with Gasteiger partial charge in [0.1, 0.15) is 12.7 Å². The predicted octanol–water partition coefficient (Wildman–Crippen LogP) is 6.27. The summed E-state index contributed by atoms with van der Waals surface area (Å²) in [6, 6.07) is 9.54. The molecule has 0 unspecified atom stereocenters. The summed E-state index contributed by atoms with van der Waals surface area (Å²) in [5.41, 5.74) is 3.89. The first kappa shape index (κ1) is 30.7. The molecule has 8 heteroatoms. The van der Waals surface area contributed by atoms with Gasteiger partial charge in [0.05, 0.1) is 35.7 Å². The third-order valence-corrected chi connectivity index (χ3v) is 7.98. The van der Waals surface area contributed by atoms with Crippen LogP contribution in [0.1, 0.15) is 76.1 Å². The summed E-state index contributed by atoms with van der Waals surface area (Å²) >= 11 is 1.58. The maximum absolute atomic E-state index is 13.4. The quantitative estimate of drug-likeness (QED) is 0.346. The molecule has 0 fully saturated rings. The van der Waals surface area contributed by atoms with Crippen molar-refractivity contribution in [3.8, 4) is 0 Å². The number of carbonyl (C=O) groups is 2. The van der Waals surface area contributed by atoms with Crippen molar-refractivity contribution in [3.05, 3.63) is 69.2 Å². The number of ether oxygens (including phenoxy) is 1. The normalized spacial score (nSPS) is 26.2. The van der Waals surface area contributed by atoms with Gasteiger partial charge in [-0.05, 0) is 63.2 Å². The van der Waals surface area contributed by atoms with Crippen LogP contribution in [0.4, 0.5) is 0 Å². The number of aliphatic hydroxyl groups is 1. The van der Waals surface area contributed by atoms with E-state index in [1.54, 1.807) is 18.3 Å². The number of hydrogen-bond donors (Lipinski definition) is 1. The molecule has 0 saturated heterocycles. The summed E-state index contributed by atoms with van der Waals surface area (Å²) in [6.45, 7) is 9.92. The highest BCUT2D eigenvalue weighted by molar-refractivity contribution is 7.09. The first-order valence-electron chi connectivity index (χ1n) is 13.8. The fraction of sp³-hybridized carbons (Fsp3) is 0.516. The van der Waals surface area contributed by atoms with Gasteiger partial charge >= 0.3 is 5.97 Å². The number of hydrogen-bond acceptors (Lipinski definition) is 7. The van der Waals surface area contributed by atoms with Crippen molar-refractivity contribution in [2.24, 2.45) is 11.8 Å². The van der Waals surface area contributed by atoms with Crippen molar-refractivity contribution in [1.29, 1.82) is 0 Å². The molecule has 0 bridgehead atoms. The van der Waals surface area contributed by atoms with Crippen molar-refractivity contribution < 1.29 is 24.3 Å². The Kier molecular flexibility index (Phi) is 11.9. The number of rotatable bonds is 5. The number of aryl methyl sites for hydroxylation is 1. The van der Waals surface area contributed by atoms with Crippen LogP contribution in [0.2, 0.25) is 0 Å². The van der Waals surface area contributed by atoms with Gasteiger partial charge in [-0.15, -0.1) is 11.3 Å². The second-order valence-corrected chi connectivity index (χ2v) is 11.6. The van der Waals surface area contributed by atoms with E-state index in [0.717, 1.165) is 41.1 Å². The van der Waals surface area contributed by atoms with Crippen LogP contribution in [0.25, 0.3) is 6.08 Å². The molecule has 212 valence electrons. The number of nitrogens with zero attached hydrogens (tertiary/aromatic N) is 2. The van der Waals surface area contributed by atoms with E-state index < -0.39 is 24.1 Å². The fourth-order valence-electron chi connectivity index (χ4n) is 4.63. The number of carbonyl (C=O) groups excluding carboxylic acids is 2. The SMILES string of the molecule is C/C1=C/C[C@@H](/C(C)=C/c2csc(C)n2)OC(=O)CCN(OCc2ccccc2)C(=O)[C@H](C)[C@@H](O)[C@@H](C)CCC1. The number of thiazole rings is 1. The van der Waals surface area contributed by atoms with Crippen molar-refractivity contribution >= 4 is 29.3 Å². The van der Waals surface area contributed by atoms with Crippen LogP contribution in [0.3, 0.4) is 0 Å². The van der Waals surface area contributed by atoms with Crippen molar-refractivity contribution in [2.45, 2.75) is 85.5 Å². The van der Waals surface area contributed by atoms with Crippen LogP contribution in [0.15, 0.2) is 52.9 Å². The number of allylic oxidation sites excluding steroid dienone is 1. The molecule has 1 N–H and O–H groups in total. The number of benzene rings is 1. The minimum atomic E-state index is -0.809. The molecule has 7 nitrogen and oxygen atoms in total. The molecule has 1 amide bonds. The van der Waals surface area contributed by atoms with Crippen molar-refractivity contribution in [3.63, 3.8) is 0 Å².